The number of nitrogens with zero attached hydrogens (tertiary/aromatic N) is 2. The molecule has 0 heterocycles. The van der Waals surface area contributed by atoms with Crippen molar-refractivity contribution in [2.45, 2.75) is 0 Å². The molecule has 18 heavy (non-hydrogen) atoms. The molecule has 1 aromatic rings. The van der Waals surface area contributed by atoms with Crippen LogP contribution < -0.4 is 5.32 Å². The standard InChI is InChI=1S/C12H13N3O3/c1-2-6-18-7-5-14-11-3-4-12(15(16)17)10(8-11)9-13/h2-4,8,14H,1,5-7H2. The van der Waals surface area contributed by atoms with E-state index < -0.39 is 4.92 Å². The fourth-order valence-corrected chi connectivity index (χ4v) is 1.33. The van der Waals surface area contributed by atoms with Crippen molar-refractivity contribution in [3.63, 3.8) is 0 Å². The van der Waals surface area contributed by atoms with Crippen molar-refractivity contribution in [1.82, 2.24) is 0 Å². The monoisotopic (exact) mass is 247 g/mol. The predicted molar refractivity (Wildman–Crippen MR) is 67.3 cm³/mol. The molecule has 0 aliphatic carbocycles. The smallest absolute Gasteiger partial charge is 0.287 e. The zero-order valence-corrected chi connectivity index (χ0v) is 9.76. The van der Waals surface area contributed by atoms with E-state index in [-0.39, 0.29) is 11.3 Å². The van der Waals surface area contributed by atoms with Crippen molar-refractivity contribution in [2.75, 3.05) is 25.1 Å². The van der Waals surface area contributed by atoms with Crippen LogP contribution >= 0.6 is 0 Å². The Hall–Kier alpha value is -2.39. The second-order valence-electron chi connectivity index (χ2n) is 3.39. The van der Waals surface area contributed by atoms with E-state index in [1.165, 1.54) is 12.1 Å². The number of ether oxygens (including phenoxy) is 1. The molecule has 94 valence electrons. The number of anilines is 1. The maximum atomic E-state index is 10.6. The molecule has 0 amide bonds. The first-order chi connectivity index (χ1) is 8.69. The average molecular weight is 247 g/mol. The predicted octanol–water partition coefficient (Wildman–Crippen LogP) is 2.08. The molecule has 6 heteroatoms. The quantitative estimate of drug-likeness (QED) is 0.345. The summed E-state index contributed by atoms with van der Waals surface area (Å²) in [6.07, 6.45) is 1.65. The normalized spacial score (nSPS) is 9.50. The summed E-state index contributed by atoms with van der Waals surface area (Å²) < 4.78 is 5.17. The van der Waals surface area contributed by atoms with Gasteiger partial charge in [-0.1, -0.05) is 6.08 Å². The minimum Gasteiger partial charge on any atom is -0.383 e. The van der Waals surface area contributed by atoms with Crippen LogP contribution in [0.3, 0.4) is 0 Å². The molecule has 0 saturated carbocycles. The molecular weight excluding hydrogens is 234 g/mol. The molecule has 0 radical (unpaired) electrons. The summed E-state index contributed by atoms with van der Waals surface area (Å²) in [6.45, 7) is 5.04. The minimum absolute atomic E-state index is 0.0389. The largest absolute Gasteiger partial charge is 0.383 e. The molecule has 0 atom stereocenters. The van der Waals surface area contributed by atoms with Gasteiger partial charge in [-0.05, 0) is 12.1 Å². The van der Waals surface area contributed by atoms with Crippen LogP contribution in [0, 0.1) is 21.4 Å². The molecule has 0 aliphatic rings. The van der Waals surface area contributed by atoms with Gasteiger partial charge in [0.05, 0.1) is 18.1 Å². The van der Waals surface area contributed by atoms with Gasteiger partial charge in [-0.3, -0.25) is 10.1 Å². The van der Waals surface area contributed by atoms with E-state index in [4.69, 9.17) is 10.00 Å². The van der Waals surface area contributed by atoms with Crippen LogP contribution in [-0.2, 0) is 4.74 Å². The van der Waals surface area contributed by atoms with Crippen LogP contribution in [-0.4, -0.2) is 24.7 Å². The first-order valence-corrected chi connectivity index (χ1v) is 5.30. The molecule has 0 bridgehead atoms. The van der Waals surface area contributed by atoms with Gasteiger partial charge in [0.1, 0.15) is 11.6 Å². The fourth-order valence-electron chi connectivity index (χ4n) is 1.33. The van der Waals surface area contributed by atoms with Crippen LogP contribution in [0.4, 0.5) is 11.4 Å². The van der Waals surface area contributed by atoms with Gasteiger partial charge in [-0.25, -0.2) is 0 Å². The lowest BCUT2D eigenvalue weighted by atomic mass is 10.2. The van der Waals surface area contributed by atoms with Crippen LogP contribution in [0.5, 0.6) is 0 Å². The van der Waals surface area contributed by atoms with Gasteiger partial charge in [0.25, 0.3) is 5.69 Å². The molecule has 1 N–H and O–H groups in total. The fraction of sp³-hybridized carbons (Fsp3) is 0.250. The van der Waals surface area contributed by atoms with Crippen molar-refractivity contribution < 1.29 is 9.66 Å². The Labute approximate surface area is 105 Å². The Morgan fingerprint density at radius 2 is 2.39 bits per heavy atom. The summed E-state index contributed by atoms with van der Waals surface area (Å²) in [7, 11) is 0. The lowest BCUT2D eigenvalue weighted by Gasteiger charge is -2.06. The van der Waals surface area contributed by atoms with E-state index in [9.17, 15) is 10.1 Å². The van der Waals surface area contributed by atoms with Crippen molar-refractivity contribution in [3.8, 4) is 6.07 Å². The number of benzene rings is 1. The van der Waals surface area contributed by atoms with Crippen molar-refractivity contribution in [3.05, 3.63) is 46.5 Å². The molecule has 0 unspecified atom stereocenters. The molecular formula is C12H13N3O3. The summed E-state index contributed by atoms with van der Waals surface area (Å²) in [5.41, 5.74) is 0.502. The highest BCUT2D eigenvalue weighted by atomic mass is 16.6. The zero-order chi connectivity index (χ0) is 13.4. The van der Waals surface area contributed by atoms with Crippen LogP contribution in [0.2, 0.25) is 0 Å². The number of hydrogen-bond acceptors (Lipinski definition) is 5. The lowest BCUT2D eigenvalue weighted by molar-refractivity contribution is -0.385. The maximum absolute atomic E-state index is 10.6. The van der Waals surface area contributed by atoms with E-state index in [1.807, 2.05) is 0 Å². The van der Waals surface area contributed by atoms with Crippen LogP contribution in [0.15, 0.2) is 30.9 Å². The maximum Gasteiger partial charge on any atom is 0.287 e. The van der Waals surface area contributed by atoms with Gasteiger partial charge < -0.3 is 10.1 Å². The number of nitro groups is 1. The highest BCUT2D eigenvalue weighted by Crippen LogP contribution is 2.21. The van der Waals surface area contributed by atoms with Crippen molar-refractivity contribution in [1.29, 1.82) is 5.26 Å². The average Bonchev–Trinajstić information content (AvgIpc) is 2.38. The first kappa shape index (κ1) is 13.7. The Bertz CT molecular complexity index is 480. The van der Waals surface area contributed by atoms with Crippen molar-refractivity contribution >= 4 is 11.4 Å². The minimum atomic E-state index is -0.574. The second kappa shape index (κ2) is 7.04. The number of hydrogen-bond donors (Lipinski definition) is 1. The molecule has 1 rings (SSSR count). The number of rotatable bonds is 7. The molecule has 0 saturated heterocycles. The summed E-state index contributed by atoms with van der Waals surface area (Å²) >= 11 is 0. The second-order valence-corrected chi connectivity index (χ2v) is 3.39. The lowest BCUT2D eigenvalue weighted by Crippen LogP contribution is -2.09. The van der Waals surface area contributed by atoms with E-state index >= 15 is 0 Å². The van der Waals surface area contributed by atoms with Gasteiger partial charge in [0.2, 0.25) is 0 Å². The van der Waals surface area contributed by atoms with E-state index in [2.05, 4.69) is 11.9 Å². The Morgan fingerprint density at radius 1 is 1.61 bits per heavy atom. The third-order valence-corrected chi connectivity index (χ3v) is 2.12. The molecule has 0 spiro atoms. The van der Waals surface area contributed by atoms with Gasteiger partial charge in [0.15, 0.2) is 0 Å². The third kappa shape index (κ3) is 3.88. The molecule has 1 aromatic carbocycles. The Kier molecular flexibility index (Phi) is 5.35. The third-order valence-electron chi connectivity index (χ3n) is 2.12. The van der Waals surface area contributed by atoms with E-state index in [1.54, 1.807) is 18.2 Å². The van der Waals surface area contributed by atoms with Gasteiger partial charge in [-0.2, -0.15) is 5.26 Å². The summed E-state index contributed by atoms with van der Waals surface area (Å²) in [6, 6.07) is 6.12. The summed E-state index contributed by atoms with van der Waals surface area (Å²) in [4.78, 5) is 10.1. The highest BCUT2D eigenvalue weighted by Gasteiger charge is 2.13. The van der Waals surface area contributed by atoms with Crippen LogP contribution in [0.25, 0.3) is 0 Å². The van der Waals surface area contributed by atoms with E-state index in [0.29, 0.717) is 25.4 Å². The first-order valence-electron chi connectivity index (χ1n) is 5.30. The SMILES string of the molecule is C=CCOCCNc1ccc([N+](=O)[O-])c(C#N)c1. The Balaban J connectivity index is 2.60. The number of nitro benzene ring substituents is 1. The topological polar surface area (TPSA) is 88.2 Å². The number of nitrogens with one attached hydrogen (secondary N) is 1. The zero-order valence-electron chi connectivity index (χ0n) is 9.76. The summed E-state index contributed by atoms with van der Waals surface area (Å²) in [5, 5.41) is 22.5. The number of nitriles is 1. The van der Waals surface area contributed by atoms with Gasteiger partial charge in [-0.15, -0.1) is 6.58 Å². The molecule has 6 nitrogen and oxygen atoms in total. The van der Waals surface area contributed by atoms with Crippen molar-refractivity contribution in [2.24, 2.45) is 0 Å². The van der Waals surface area contributed by atoms with E-state index in [0.717, 1.165) is 0 Å². The molecule has 0 aliphatic heterocycles. The van der Waals surface area contributed by atoms with Crippen LogP contribution in [0.1, 0.15) is 5.56 Å². The summed E-state index contributed by atoms with van der Waals surface area (Å²) in [5.74, 6) is 0. The highest BCUT2D eigenvalue weighted by molar-refractivity contribution is 5.58. The Morgan fingerprint density at radius 3 is 3.00 bits per heavy atom. The van der Waals surface area contributed by atoms with Gasteiger partial charge in [0, 0.05) is 18.3 Å². The molecule has 0 aromatic heterocycles. The van der Waals surface area contributed by atoms with Gasteiger partial charge >= 0.3 is 0 Å². The molecule has 0 fully saturated rings.